The van der Waals surface area contributed by atoms with Crippen LogP contribution >= 0.6 is 36.8 Å². The molecule has 4 aromatic heterocycles. The molecular weight excluding hydrogens is 600 g/mol. The van der Waals surface area contributed by atoms with Crippen LogP contribution in [0.15, 0.2) is 73.3 Å². The van der Waals surface area contributed by atoms with Crippen molar-refractivity contribution in [2.45, 2.75) is 53.6 Å². The summed E-state index contributed by atoms with van der Waals surface area (Å²) in [6.45, 7) is 9.76. The lowest BCUT2D eigenvalue weighted by molar-refractivity contribution is 0.594. The summed E-state index contributed by atoms with van der Waals surface area (Å²) in [5.74, 6) is 1.83. The minimum atomic E-state index is 0. The average molecular weight is 635 g/mol. The maximum absolute atomic E-state index is 5.35. The van der Waals surface area contributed by atoms with Gasteiger partial charge in [0.25, 0.3) is 0 Å². The van der Waals surface area contributed by atoms with Crippen LogP contribution in [0.3, 0.4) is 0 Å². The Morgan fingerprint density at radius 2 is 0.953 bits per heavy atom. The molecular formula is C30H35ClN10S2. The van der Waals surface area contributed by atoms with Gasteiger partial charge in [-0.05, 0) is 87.5 Å². The van der Waals surface area contributed by atoms with E-state index < -0.39 is 0 Å². The Kier molecular flexibility index (Phi) is 10.6. The molecule has 6 aromatic rings. The van der Waals surface area contributed by atoms with Crippen LogP contribution in [0.25, 0.3) is 11.4 Å². The van der Waals surface area contributed by atoms with Crippen LogP contribution in [0.5, 0.6) is 0 Å². The van der Waals surface area contributed by atoms with Crippen molar-refractivity contribution >= 4 is 36.8 Å². The second-order valence-electron chi connectivity index (χ2n) is 10.3. The molecule has 0 atom stereocenters. The number of benzene rings is 2. The normalized spacial score (nSPS) is 10.7. The Labute approximate surface area is 266 Å². The fourth-order valence-corrected chi connectivity index (χ4v) is 5.04. The molecule has 10 nitrogen and oxygen atoms in total. The van der Waals surface area contributed by atoms with Gasteiger partial charge < -0.3 is 0 Å². The number of hydrogen-bond acceptors (Lipinski definition) is 6. The largest absolute Gasteiger partial charge is 0.272 e. The molecule has 2 N–H and O–H groups in total. The summed E-state index contributed by atoms with van der Waals surface area (Å²) in [5, 5.41) is 23.0. The van der Waals surface area contributed by atoms with Crippen molar-refractivity contribution in [2.24, 2.45) is 0 Å². The Bertz CT molecular complexity index is 1730. The van der Waals surface area contributed by atoms with Crippen LogP contribution in [0, 0.1) is 37.2 Å². The van der Waals surface area contributed by atoms with E-state index in [1.54, 1.807) is 0 Å². The van der Waals surface area contributed by atoms with Gasteiger partial charge in [-0.1, -0.05) is 35.4 Å². The van der Waals surface area contributed by atoms with Gasteiger partial charge in [0.05, 0.1) is 12.4 Å². The molecule has 0 aliphatic heterocycles. The molecule has 0 saturated heterocycles. The number of H-pyrrole nitrogens is 2. The third-order valence-corrected chi connectivity index (χ3v) is 7.27. The van der Waals surface area contributed by atoms with Crippen LogP contribution in [-0.4, -0.2) is 49.1 Å². The quantitative estimate of drug-likeness (QED) is 0.188. The fourth-order valence-electron chi connectivity index (χ4n) is 4.52. The number of aromatic amines is 2. The maximum atomic E-state index is 5.35. The zero-order valence-corrected chi connectivity index (χ0v) is 27.0. The summed E-state index contributed by atoms with van der Waals surface area (Å²) in [7, 11) is 0. The number of nitrogens with one attached hydrogen (secondary N) is 2. The first kappa shape index (κ1) is 31.8. The molecule has 2 aromatic carbocycles. The van der Waals surface area contributed by atoms with Gasteiger partial charge in [0.2, 0.25) is 0 Å². The van der Waals surface area contributed by atoms with Gasteiger partial charge in [-0.2, -0.15) is 20.4 Å². The molecule has 0 spiro atoms. The van der Waals surface area contributed by atoms with E-state index in [-0.39, 0.29) is 12.4 Å². The summed E-state index contributed by atoms with van der Waals surface area (Å²) < 4.78 is 9.03. The lowest BCUT2D eigenvalue weighted by Crippen LogP contribution is -2.07. The van der Waals surface area contributed by atoms with Gasteiger partial charge in [-0.15, -0.1) is 12.4 Å². The number of hydrogen-bond donors (Lipinski definition) is 2. The Hall–Kier alpha value is -4.13. The third kappa shape index (κ3) is 8.04. The molecule has 0 aliphatic rings. The number of nitrogens with zero attached hydrogens (tertiary/aromatic N) is 8. The van der Waals surface area contributed by atoms with E-state index in [9.17, 15) is 0 Å². The van der Waals surface area contributed by atoms with Crippen molar-refractivity contribution in [1.29, 1.82) is 0 Å². The van der Waals surface area contributed by atoms with E-state index in [1.807, 2.05) is 57.1 Å². The van der Waals surface area contributed by atoms with Crippen LogP contribution < -0.4 is 0 Å². The molecule has 0 amide bonds. The predicted octanol–water partition coefficient (Wildman–Crippen LogP) is 6.39. The summed E-state index contributed by atoms with van der Waals surface area (Å²) in [5.41, 5.74) is 6.83. The minimum absolute atomic E-state index is 0. The van der Waals surface area contributed by atoms with Gasteiger partial charge in [0.1, 0.15) is 11.6 Å². The zero-order valence-electron chi connectivity index (χ0n) is 24.6. The molecule has 43 heavy (non-hydrogen) atoms. The molecule has 0 aliphatic carbocycles. The number of aryl methyl sites for hydroxylation is 8. The smallest absolute Gasteiger partial charge is 0.199 e. The lowest BCUT2D eigenvalue weighted by atomic mass is 10.2. The van der Waals surface area contributed by atoms with Gasteiger partial charge >= 0.3 is 0 Å². The third-order valence-electron chi connectivity index (χ3n) is 6.72. The highest BCUT2D eigenvalue weighted by Crippen LogP contribution is 2.14. The van der Waals surface area contributed by atoms with Crippen LogP contribution in [0.2, 0.25) is 0 Å². The van der Waals surface area contributed by atoms with Crippen LogP contribution in [0.4, 0.5) is 0 Å². The van der Waals surface area contributed by atoms with E-state index in [4.69, 9.17) is 24.4 Å². The Morgan fingerprint density at radius 1 is 0.581 bits per heavy atom. The van der Waals surface area contributed by atoms with Crippen molar-refractivity contribution in [3.63, 3.8) is 0 Å². The van der Waals surface area contributed by atoms with E-state index in [0.717, 1.165) is 60.1 Å². The highest BCUT2D eigenvalue weighted by Gasteiger charge is 2.10. The molecule has 0 bridgehead atoms. The Balaban J connectivity index is 0.000000192. The highest BCUT2D eigenvalue weighted by molar-refractivity contribution is 7.71. The standard InChI is InChI=1S/2C15H17N5S.ClH/c2*1-11-3-5-13(6-4-11)20-14(17-18-15(20)21)7-8-19-10-12(2)9-16-19;/h2*3-6,9-10H,7-8H2,1-2H3,(H,18,21);1H. The molecule has 0 saturated carbocycles. The number of rotatable bonds is 8. The highest BCUT2D eigenvalue weighted by atomic mass is 35.5. The average Bonchev–Trinajstić information content (AvgIpc) is 3.76. The zero-order chi connectivity index (χ0) is 29.6. The second-order valence-corrected chi connectivity index (χ2v) is 11.1. The first-order valence-electron chi connectivity index (χ1n) is 13.7. The Morgan fingerprint density at radius 3 is 1.28 bits per heavy atom. The van der Waals surface area contributed by atoms with Crippen molar-refractivity contribution in [2.75, 3.05) is 0 Å². The molecule has 224 valence electrons. The summed E-state index contributed by atoms with van der Waals surface area (Å²) >= 11 is 10.7. The monoisotopic (exact) mass is 634 g/mol. The number of aromatic nitrogens is 10. The first-order chi connectivity index (χ1) is 20.3. The molecule has 0 radical (unpaired) electrons. The first-order valence-corrected chi connectivity index (χ1v) is 14.5. The van der Waals surface area contributed by atoms with E-state index in [2.05, 4.69) is 93.0 Å². The predicted molar refractivity (Wildman–Crippen MR) is 176 cm³/mol. The second kappa shape index (κ2) is 14.4. The van der Waals surface area contributed by atoms with Crippen molar-refractivity contribution in [3.05, 3.63) is 117 Å². The van der Waals surface area contributed by atoms with Crippen molar-refractivity contribution in [1.82, 2.24) is 49.1 Å². The van der Waals surface area contributed by atoms with Gasteiger partial charge in [-0.3, -0.25) is 28.7 Å². The van der Waals surface area contributed by atoms with Gasteiger partial charge in [0.15, 0.2) is 9.54 Å². The topological polar surface area (TPSA) is 103 Å². The molecule has 0 unspecified atom stereocenters. The van der Waals surface area contributed by atoms with Crippen molar-refractivity contribution in [3.8, 4) is 11.4 Å². The van der Waals surface area contributed by atoms with E-state index >= 15 is 0 Å². The summed E-state index contributed by atoms with van der Waals surface area (Å²) in [4.78, 5) is 0. The molecule has 4 heterocycles. The summed E-state index contributed by atoms with van der Waals surface area (Å²) in [6, 6.07) is 16.5. The van der Waals surface area contributed by atoms with Gasteiger partial charge in [-0.25, -0.2) is 0 Å². The molecule has 6 rings (SSSR count). The van der Waals surface area contributed by atoms with Crippen LogP contribution in [-0.2, 0) is 25.9 Å². The SMILES string of the molecule is Cc1ccc(-n2c(CCn3cc(C)cn3)n[nH]c2=S)cc1.Cc1ccc(-n2c(CCn3cc(C)cn3)n[nH]c2=S)cc1.Cl. The number of halogens is 1. The van der Waals surface area contributed by atoms with Crippen molar-refractivity contribution < 1.29 is 0 Å². The maximum Gasteiger partial charge on any atom is 0.199 e. The molecule has 0 fully saturated rings. The van der Waals surface area contributed by atoms with Gasteiger partial charge in [0, 0.05) is 49.7 Å². The fraction of sp³-hybridized carbons (Fsp3) is 0.267. The lowest BCUT2D eigenvalue weighted by Gasteiger charge is -2.07. The minimum Gasteiger partial charge on any atom is -0.272 e. The molecule has 13 heteroatoms. The van der Waals surface area contributed by atoms with Crippen LogP contribution in [0.1, 0.15) is 33.9 Å². The van der Waals surface area contributed by atoms with E-state index in [1.165, 1.54) is 11.1 Å². The van der Waals surface area contributed by atoms with E-state index in [0.29, 0.717) is 9.54 Å². The summed E-state index contributed by atoms with van der Waals surface area (Å²) in [6.07, 6.45) is 9.30.